The van der Waals surface area contributed by atoms with Crippen LogP contribution in [0.3, 0.4) is 0 Å². The molecule has 0 amide bonds. The second-order valence-corrected chi connectivity index (χ2v) is 4.51. The fourth-order valence-corrected chi connectivity index (χ4v) is 1.96. The van der Waals surface area contributed by atoms with Crippen molar-refractivity contribution in [2.45, 2.75) is 26.1 Å². The number of hydrogen-bond acceptors (Lipinski definition) is 2. The second-order valence-electron chi connectivity index (χ2n) is 4.51. The van der Waals surface area contributed by atoms with Gasteiger partial charge in [-0.25, -0.2) is 0 Å². The van der Waals surface area contributed by atoms with Gasteiger partial charge in [0.2, 0.25) is 0 Å². The van der Waals surface area contributed by atoms with Gasteiger partial charge in [-0.2, -0.15) is 13.2 Å². The summed E-state index contributed by atoms with van der Waals surface area (Å²) in [4.78, 5) is 0. The van der Waals surface area contributed by atoms with Crippen LogP contribution >= 0.6 is 12.4 Å². The molecule has 0 spiro atoms. The molecule has 0 fully saturated rings. The van der Waals surface area contributed by atoms with Crippen molar-refractivity contribution in [3.63, 3.8) is 0 Å². The molecular formula is C14H15ClF3NO. The number of alkyl halides is 3. The molecule has 0 bridgehead atoms. The third-order valence-corrected chi connectivity index (χ3v) is 2.92. The summed E-state index contributed by atoms with van der Waals surface area (Å²) in [6.07, 6.45) is -4.43. The van der Waals surface area contributed by atoms with Gasteiger partial charge in [-0.15, -0.1) is 12.4 Å². The molecule has 6 heteroatoms. The Morgan fingerprint density at radius 1 is 1.10 bits per heavy atom. The van der Waals surface area contributed by atoms with E-state index in [4.69, 9.17) is 10.2 Å². The van der Waals surface area contributed by atoms with E-state index in [1.54, 1.807) is 32.0 Å². The van der Waals surface area contributed by atoms with E-state index >= 15 is 0 Å². The first-order valence-corrected chi connectivity index (χ1v) is 5.78. The summed E-state index contributed by atoms with van der Waals surface area (Å²) in [5.74, 6) is 0.943. The highest BCUT2D eigenvalue weighted by Crippen LogP contribution is 2.36. The number of furan rings is 1. The van der Waals surface area contributed by atoms with Gasteiger partial charge >= 0.3 is 6.18 Å². The predicted octanol–water partition coefficient (Wildman–Crippen LogP) is 4.39. The van der Waals surface area contributed by atoms with Gasteiger partial charge in [-0.1, -0.05) is 17.7 Å². The highest BCUT2D eigenvalue weighted by Gasteiger charge is 2.35. The van der Waals surface area contributed by atoms with Crippen LogP contribution in [0.2, 0.25) is 0 Å². The van der Waals surface area contributed by atoms with Crippen LogP contribution in [0.4, 0.5) is 13.2 Å². The number of rotatable bonds is 2. The first-order chi connectivity index (χ1) is 8.79. The molecule has 0 aliphatic heterocycles. The van der Waals surface area contributed by atoms with Crippen molar-refractivity contribution in [2.75, 3.05) is 0 Å². The monoisotopic (exact) mass is 305 g/mol. The molecule has 1 unspecified atom stereocenters. The Kier molecular flexibility index (Phi) is 4.89. The fraction of sp³-hybridized carbons (Fsp3) is 0.286. The van der Waals surface area contributed by atoms with Gasteiger partial charge < -0.3 is 10.2 Å². The molecule has 20 heavy (non-hydrogen) atoms. The number of hydrogen-bond donors (Lipinski definition) is 1. The van der Waals surface area contributed by atoms with Crippen LogP contribution in [0.1, 0.15) is 34.3 Å². The van der Waals surface area contributed by atoms with Crippen LogP contribution in [0.25, 0.3) is 0 Å². The minimum atomic E-state index is -4.43. The van der Waals surface area contributed by atoms with E-state index in [0.29, 0.717) is 17.1 Å². The minimum Gasteiger partial charge on any atom is -0.464 e. The van der Waals surface area contributed by atoms with E-state index in [1.165, 1.54) is 6.07 Å². The third-order valence-electron chi connectivity index (χ3n) is 2.92. The van der Waals surface area contributed by atoms with Crippen molar-refractivity contribution in [2.24, 2.45) is 5.73 Å². The van der Waals surface area contributed by atoms with Crippen molar-refractivity contribution in [1.29, 1.82) is 0 Å². The summed E-state index contributed by atoms with van der Waals surface area (Å²) in [6.45, 7) is 3.33. The predicted molar refractivity (Wildman–Crippen MR) is 72.9 cm³/mol. The summed E-state index contributed by atoms with van der Waals surface area (Å²) >= 11 is 0. The van der Waals surface area contributed by atoms with Gasteiger partial charge in [-0.3, -0.25) is 0 Å². The number of halogens is 4. The molecule has 2 aromatic rings. The Morgan fingerprint density at radius 3 is 2.25 bits per heavy atom. The SMILES string of the molecule is Cc1ccc(C(N)c2ccc(C)o2)c(C(F)(F)F)c1.Cl. The molecule has 1 aromatic heterocycles. The summed E-state index contributed by atoms with van der Waals surface area (Å²) in [5, 5.41) is 0. The molecule has 0 saturated heterocycles. The molecule has 0 aliphatic rings. The first kappa shape index (κ1) is 16.6. The zero-order valence-corrected chi connectivity index (χ0v) is 11.8. The van der Waals surface area contributed by atoms with Gasteiger partial charge in [0.15, 0.2) is 0 Å². The van der Waals surface area contributed by atoms with E-state index in [-0.39, 0.29) is 18.0 Å². The van der Waals surface area contributed by atoms with Crippen LogP contribution in [-0.2, 0) is 6.18 Å². The molecule has 0 radical (unpaired) electrons. The maximum atomic E-state index is 13.0. The molecular weight excluding hydrogens is 291 g/mol. The largest absolute Gasteiger partial charge is 0.464 e. The van der Waals surface area contributed by atoms with Gasteiger partial charge in [0, 0.05) is 0 Å². The summed E-state index contributed by atoms with van der Waals surface area (Å²) in [6, 6.07) is 6.47. The normalized spacial score (nSPS) is 12.9. The highest BCUT2D eigenvalue weighted by atomic mass is 35.5. The Labute approximate surface area is 121 Å². The third kappa shape index (κ3) is 3.35. The van der Waals surface area contributed by atoms with E-state index < -0.39 is 17.8 Å². The van der Waals surface area contributed by atoms with Crippen molar-refractivity contribution in [3.05, 3.63) is 58.5 Å². The molecule has 1 aromatic carbocycles. The molecule has 110 valence electrons. The lowest BCUT2D eigenvalue weighted by molar-refractivity contribution is -0.138. The second kappa shape index (κ2) is 5.89. The van der Waals surface area contributed by atoms with Gasteiger partial charge in [0.25, 0.3) is 0 Å². The van der Waals surface area contributed by atoms with Gasteiger partial charge in [-0.05, 0) is 37.6 Å². The quantitative estimate of drug-likeness (QED) is 0.894. The molecule has 2 N–H and O–H groups in total. The van der Waals surface area contributed by atoms with Crippen molar-refractivity contribution in [3.8, 4) is 0 Å². The molecule has 0 aliphatic carbocycles. The van der Waals surface area contributed by atoms with Crippen LogP contribution in [0.5, 0.6) is 0 Å². The van der Waals surface area contributed by atoms with E-state index in [9.17, 15) is 13.2 Å². The molecule has 2 nitrogen and oxygen atoms in total. The average Bonchev–Trinajstić information content (AvgIpc) is 2.74. The average molecular weight is 306 g/mol. The molecule has 1 heterocycles. The Bertz CT molecular complexity index is 592. The Morgan fingerprint density at radius 2 is 1.75 bits per heavy atom. The van der Waals surface area contributed by atoms with Gasteiger partial charge in [0.05, 0.1) is 11.6 Å². The van der Waals surface area contributed by atoms with Crippen molar-refractivity contribution in [1.82, 2.24) is 0 Å². The van der Waals surface area contributed by atoms with Crippen molar-refractivity contribution < 1.29 is 17.6 Å². The Hall–Kier alpha value is -1.46. The minimum absolute atomic E-state index is 0. The Balaban J connectivity index is 0.00000200. The number of benzene rings is 1. The lowest BCUT2D eigenvalue weighted by Gasteiger charge is -2.17. The van der Waals surface area contributed by atoms with Crippen LogP contribution in [0, 0.1) is 13.8 Å². The maximum absolute atomic E-state index is 13.0. The maximum Gasteiger partial charge on any atom is 0.416 e. The van der Waals surface area contributed by atoms with Crippen molar-refractivity contribution >= 4 is 12.4 Å². The van der Waals surface area contributed by atoms with Gasteiger partial charge in [0.1, 0.15) is 11.5 Å². The van der Waals surface area contributed by atoms with Crippen LogP contribution in [0.15, 0.2) is 34.7 Å². The smallest absolute Gasteiger partial charge is 0.416 e. The van der Waals surface area contributed by atoms with E-state index in [0.717, 1.165) is 6.07 Å². The first-order valence-electron chi connectivity index (χ1n) is 5.78. The summed E-state index contributed by atoms with van der Waals surface area (Å²) in [7, 11) is 0. The van der Waals surface area contributed by atoms with E-state index in [2.05, 4.69) is 0 Å². The lowest BCUT2D eigenvalue weighted by Crippen LogP contribution is -2.18. The summed E-state index contributed by atoms with van der Waals surface area (Å²) < 4.78 is 44.4. The zero-order chi connectivity index (χ0) is 14.2. The number of aryl methyl sites for hydroxylation is 2. The number of nitrogens with two attached hydrogens (primary N) is 1. The van der Waals surface area contributed by atoms with Crippen LogP contribution < -0.4 is 5.73 Å². The highest BCUT2D eigenvalue weighted by molar-refractivity contribution is 5.85. The lowest BCUT2D eigenvalue weighted by atomic mass is 9.97. The molecule has 2 rings (SSSR count). The molecule has 0 saturated carbocycles. The molecule has 1 atom stereocenters. The van der Waals surface area contributed by atoms with Crippen LogP contribution in [-0.4, -0.2) is 0 Å². The summed E-state index contributed by atoms with van der Waals surface area (Å²) in [5.41, 5.74) is 5.73. The standard InChI is InChI=1S/C14H14F3NO.ClH/c1-8-3-5-10(11(7-8)14(15,16)17)13(18)12-6-4-9(2)19-12;/h3-7,13H,18H2,1-2H3;1H. The zero-order valence-electron chi connectivity index (χ0n) is 11.0. The fourth-order valence-electron chi connectivity index (χ4n) is 1.96. The topological polar surface area (TPSA) is 39.2 Å². The van der Waals surface area contributed by atoms with E-state index in [1.807, 2.05) is 0 Å².